The minimum Gasteiger partial charge on any atom is -0.170 e. The summed E-state index contributed by atoms with van der Waals surface area (Å²) in [5.41, 5.74) is -6.62. The van der Waals surface area contributed by atoms with Crippen molar-refractivity contribution in [3.05, 3.63) is 34.9 Å². The lowest BCUT2D eigenvalue weighted by molar-refractivity contribution is -0.426. The first-order chi connectivity index (χ1) is 9.22. The molecule has 0 aliphatic rings. The van der Waals surface area contributed by atoms with Crippen LogP contribution in [0.1, 0.15) is 5.56 Å². The third-order valence-electron chi connectivity index (χ3n) is 2.83. The van der Waals surface area contributed by atoms with Crippen molar-refractivity contribution in [3.63, 3.8) is 0 Å². The molecule has 1 aromatic carbocycles. The molecule has 0 N–H and O–H groups in total. The van der Waals surface area contributed by atoms with Gasteiger partial charge in [-0.25, -0.2) is 0 Å². The van der Waals surface area contributed by atoms with Gasteiger partial charge in [-0.15, -0.1) is 0 Å². The minimum absolute atomic E-state index is 0.0321. The number of hydrogen-bond acceptors (Lipinski definition) is 0. The predicted molar refractivity (Wildman–Crippen MR) is 55.8 cm³/mol. The van der Waals surface area contributed by atoms with Crippen LogP contribution in [0.3, 0.4) is 0 Å². The van der Waals surface area contributed by atoms with Crippen LogP contribution in [0.15, 0.2) is 24.3 Å². The molecule has 0 saturated carbocycles. The standard InChI is InChI=1S/C11H6ClF9/c12-7-3-1-6(2-4-7)5-8(9(13,14)15,10(16,17)18)11(19,20)21/h1-4H,5H2. The van der Waals surface area contributed by atoms with Crippen molar-refractivity contribution in [2.24, 2.45) is 5.41 Å². The molecule has 0 aliphatic heterocycles. The van der Waals surface area contributed by atoms with E-state index in [2.05, 4.69) is 0 Å². The molecule has 0 atom stereocenters. The molecule has 0 fully saturated rings. The van der Waals surface area contributed by atoms with Crippen molar-refractivity contribution >= 4 is 11.6 Å². The summed E-state index contributed by atoms with van der Waals surface area (Å²) in [6, 6.07) is 3.18. The summed E-state index contributed by atoms with van der Waals surface area (Å²) < 4.78 is 114. The molecule has 1 aromatic rings. The molecule has 0 spiro atoms. The summed E-state index contributed by atoms with van der Waals surface area (Å²) in [5, 5.41) is -0.0321. The number of rotatable bonds is 2. The molecule has 0 aliphatic carbocycles. The summed E-state index contributed by atoms with van der Waals surface area (Å²) in [5.74, 6) is 0. The Morgan fingerprint density at radius 1 is 0.667 bits per heavy atom. The second kappa shape index (κ2) is 5.26. The van der Waals surface area contributed by atoms with E-state index in [-0.39, 0.29) is 5.02 Å². The average molecular weight is 345 g/mol. The molecule has 21 heavy (non-hydrogen) atoms. The summed E-state index contributed by atoms with van der Waals surface area (Å²) in [6.45, 7) is 0. The largest absolute Gasteiger partial charge is 0.412 e. The Hall–Kier alpha value is -1.12. The number of benzene rings is 1. The zero-order valence-electron chi connectivity index (χ0n) is 9.80. The highest BCUT2D eigenvalue weighted by atomic mass is 35.5. The molecular formula is C11H6ClF9. The van der Waals surface area contributed by atoms with Crippen LogP contribution in [-0.2, 0) is 6.42 Å². The zero-order valence-corrected chi connectivity index (χ0v) is 10.6. The van der Waals surface area contributed by atoms with Crippen LogP contribution >= 0.6 is 11.6 Å². The third-order valence-corrected chi connectivity index (χ3v) is 3.09. The van der Waals surface area contributed by atoms with Gasteiger partial charge in [0.15, 0.2) is 0 Å². The van der Waals surface area contributed by atoms with Gasteiger partial charge in [-0.3, -0.25) is 0 Å². The lowest BCUT2D eigenvalue weighted by Gasteiger charge is -2.38. The van der Waals surface area contributed by atoms with E-state index in [9.17, 15) is 39.5 Å². The van der Waals surface area contributed by atoms with Gasteiger partial charge in [0, 0.05) is 11.4 Å². The minimum atomic E-state index is -6.55. The van der Waals surface area contributed by atoms with Crippen molar-refractivity contribution in [3.8, 4) is 0 Å². The van der Waals surface area contributed by atoms with Crippen LogP contribution in [0.25, 0.3) is 0 Å². The maximum absolute atomic E-state index is 12.7. The quantitative estimate of drug-likeness (QED) is 0.617. The van der Waals surface area contributed by atoms with Crippen LogP contribution in [0.2, 0.25) is 5.02 Å². The lowest BCUT2D eigenvalue weighted by atomic mass is 9.79. The van der Waals surface area contributed by atoms with E-state index in [4.69, 9.17) is 11.6 Å². The maximum Gasteiger partial charge on any atom is 0.412 e. The van der Waals surface area contributed by atoms with E-state index in [1.165, 1.54) is 0 Å². The molecular weight excluding hydrogens is 339 g/mol. The van der Waals surface area contributed by atoms with Gasteiger partial charge in [-0.1, -0.05) is 23.7 Å². The van der Waals surface area contributed by atoms with Gasteiger partial charge in [-0.05, 0) is 17.7 Å². The fourth-order valence-corrected chi connectivity index (χ4v) is 1.82. The molecule has 0 unspecified atom stereocenters. The summed E-state index contributed by atoms with van der Waals surface area (Å²) in [7, 11) is 0. The van der Waals surface area contributed by atoms with E-state index < -0.39 is 35.9 Å². The summed E-state index contributed by atoms with van der Waals surface area (Å²) in [6.07, 6.45) is -22.0. The monoisotopic (exact) mass is 344 g/mol. The maximum atomic E-state index is 12.7. The van der Waals surface area contributed by atoms with Crippen molar-refractivity contribution in [1.82, 2.24) is 0 Å². The third kappa shape index (κ3) is 3.22. The van der Waals surface area contributed by atoms with Crippen LogP contribution in [0.4, 0.5) is 39.5 Å². The molecule has 0 aromatic heterocycles. The zero-order chi connectivity index (χ0) is 16.7. The van der Waals surface area contributed by atoms with Crippen LogP contribution in [0.5, 0.6) is 0 Å². The van der Waals surface area contributed by atoms with Crippen molar-refractivity contribution in [2.75, 3.05) is 0 Å². The SMILES string of the molecule is FC(F)(F)C(Cc1ccc(Cl)cc1)(C(F)(F)F)C(F)(F)F. The van der Waals surface area contributed by atoms with Gasteiger partial charge in [-0.2, -0.15) is 39.5 Å². The van der Waals surface area contributed by atoms with Crippen molar-refractivity contribution < 1.29 is 39.5 Å². The van der Waals surface area contributed by atoms with Gasteiger partial charge in [0.25, 0.3) is 5.41 Å². The predicted octanol–water partition coefficient (Wildman–Crippen LogP) is 5.56. The van der Waals surface area contributed by atoms with Gasteiger partial charge in [0.1, 0.15) is 0 Å². The molecule has 0 bridgehead atoms. The Balaban J connectivity index is 3.47. The smallest absolute Gasteiger partial charge is 0.170 e. The Morgan fingerprint density at radius 3 is 1.29 bits per heavy atom. The molecule has 10 heteroatoms. The molecule has 0 saturated heterocycles. The highest BCUT2D eigenvalue weighted by Gasteiger charge is 2.83. The van der Waals surface area contributed by atoms with Crippen LogP contribution in [-0.4, -0.2) is 18.5 Å². The van der Waals surface area contributed by atoms with E-state index in [0.29, 0.717) is 12.1 Å². The van der Waals surface area contributed by atoms with Crippen molar-refractivity contribution in [2.45, 2.75) is 24.9 Å². The normalized spacial score (nSPS) is 14.4. The molecule has 1 rings (SSSR count). The van der Waals surface area contributed by atoms with Crippen molar-refractivity contribution in [1.29, 1.82) is 0 Å². The second-order valence-electron chi connectivity index (χ2n) is 4.20. The number of alkyl halides is 9. The molecule has 0 amide bonds. The summed E-state index contributed by atoms with van der Waals surface area (Å²) >= 11 is 5.39. The first kappa shape index (κ1) is 17.9. The first-order valence-corrected chi connectivity index (χ1v) is 5.55. The van der Waals surface area contributed by atoms with E-state index in [1.807, 2.05) is 0 Å². The number of halogens is 10. The Kier molecular flexibility index (Phi) is 4.49. The lowest BCUT2D eigenvalue weighted by Crippen LogP contribution is -2.60. The van der Waals surface area contributed by atoms with Gasteiger partial charge in [0.05, 0.1) is 0 Å². The topological polar surface area (TPSA) is 0 Å². The summed E-state index contributed by atoms with van der Waals surface area (Å²) in [4.78, 5) is 0. The highest BCUT2D eigenvalue weighted by molar-refractivity contribution is 6.30. The van der Waals surface area contributed by atoms with Gasteiger partial charge in [0.2, 0.25) is 0 Å². The fraction of sp³-hybridized carbons (Fsp3) is 0.455. The number of hydrogen-bond donors (Lipinski definition) is 0. The molecule has 0 heterocycles. The first-order valence-electron chi connectivity index (χ1n) is 5.17. The van der Waals surface area contributed by atoms with Crippen LogP contribution < -0.4 is 0 Å². The Bertz CT molecular complexity index is 444. The highest BCUT2D eigenvalue weighted by Crippen LogP contribution is 2.60. The molecule has 0 nitrogen and oxygen atoms in total. The van der Waals surface area contributed by atoms with E-state index in [0.717, 1.165) is 12.1 Å². The Morgan fingerprint density at radius 2 is 1.00 bits per heavy atom. The van der Waals surface area contributed by atoms with E-state index >= 15 is 0 Å². The second-order valence-corrected chi connectivity index (χ2v) is 4.64. The molecule has 120 valence electrons. The van der Waals surface area contributed by atoms with Crippen LogP contribution in [0, 0.1) is 5.41 Å². The fourth-order valence-electron chi connectivity index (χ4n) is 1.69. The molecule has 0 radical (unpaired) electrons. The van der Waals surface area contributed by atoms with E-state index in [1.54, 1.807) is 0 Å². The Labute approximate surface area is 117 Å². The van der Waals surface area contributed by atoms with Gasteiger partial charge < -0.3 is 0 Å². The van der Waals surface area contributed by atoms with Gasteiger partial charge >= 0.3 is 18.5 Å². The average Bonchev–Trinajstić information content (AvgIpc) is 2.22.